The summed E-state index contributed by atoms with van der Waals surface area (Å²) in [6.45, 7) is 4.67. The second kappa shape index (κ2) is 7.37. The minimum Gasteiger partial charge on any atom is -0.292 e. The Morgan fingerprint density at radius 2 is 1.54 bits per heavy atom. The zero-order valence-electron chi connectivity index (χ0n) is 20.6. The molecule has 0 saturated carbocycles. The van der Waals surface area contributed by atoms with Crippen LogP contribution in [-0.4, -0.2) is 14.5 Å². The van der Waals surface area contributed by atoms with Crippen LogP contribution in [0, 0.1) is 0 Å². The van der Waals surface area contributed by atoms with Gasteiger partial charge >= 0.3 is 0 Å². The van der Waals surface area contributed by atoms with Crippen LogP contribution in [0.1, 0.15) is 25.0 Å². The molecule has 0 fully saturated rings. The summed E-state index contributed by atoms with van der Waals surface area (Å²) in [5, 5.41) is 2.66. The van der Waals surface area contributed by atoms with Crippen LogP contribution >= 0.6 is 11.3 Å². The lowest BCUT2D eigenvalue weighted by Gasteiger charge is -2.35. The number of aromatic nitrogens is 3. The van der Waals surface area contributed by atoms with Gasteiger partial charge < -0.3 is 0 Å². The molecule has 1 aliphatic rings. The van der Waals surface area contributed by atoms with Crippen LogP contribution in [0.5, 0.6) is 0 Å². The lowest BCUT2D eigenvalue weighted by molar-refractivity contribution is 0.629. The zero-order valence-corrected chi connectivity index (χ0v) is 21.4. The molecule has 3 nitrogen and oxygen atoms in total. The van der Waals surface area contributed by atoms with Gasteiger partial charge in [-0.05, 0) is 70.8 Å². The average Bonchev–Trinajstić information content (AvgIpc) is 3.51. The maximum atomic E-state index is 5.08. The van der Waals surface area contributed by atoms with Gasteiger partial charge in [-0.25, -0.2) is 4.98 Å². The highest BCUT2D eigenvalue weighted by molar-refractivity contribution is 7.25. The molecular weight excluding hydrogens is 470 g/mol. The molecule has 0 unspecified atom stereocenters. The zero-order chi connectivity index (χ0) is 24.7. The third-order valence-electron chi connectivity index (χ3n) is 7.89. The minimum absolute atomic E-state index is 0.160. The molecular formula is C33H23N3S. The predicted molar refractivity (Wildman–Crippen MR) is 155 cm³/mol. The largest absolute Gasteiger partial charge is 0.292 e. The SMILES string of the molecule is CC1(C)c2cc(-c3ccc4sc5ccccc5c4c3)ccc2-n2c(-c3cccnc3)nc3cccc1c32. The molecule has 0 bridgehead atoms. The third-order valence-corrected chi connectivity index (χ3v) is 9.04. The standard InChI is InChI=1S/C33H23N3S/c1-33(2)25-9-5-10-27-31(25)36(32(35-27)22-7-6-16-34-19-22)28-14-12-21(18-26(28)33)20-13-15-30-24(17-20)23-8-3-4-11-29(23)37-30/h3-19H,1-2H3. The quantitative estimate of drug-likeness (QED) is 0.241. The summed E-state index contributed by atoms with van der Waals surface area (Å²) in [6, 6.07) is 33.1. The van der Waals surface area contributed by atoms with E-state index in [0.29, 0.717) is 0 Å². The number of nitrogens with zero attached hydrogens (tertiary/aromatic N) is 3. The number of hydrogen-bond donors (Lipinski definition) is 0. The van der Waals surface area contributed by atoms with E-state index in [4.69, 9.17) is 4.98 Å². The Morgan fingerprint density at radius 3 is 2.43 bits per heavy atom. The fourth-order valence-electron chi connectivity index (χ4n) is 6.02. The number of imidazole rings is 1. The Bertz CT molecular complexity index is 2010. The van der Waals surface area contributed by atoms with E-state index in [2.05, 4.69) is 108 Å². The van der Waals surface area contributed by atoms with Crippen molar-refractivity contribution < 1.29 is 0 Å². The summed E-state index contributed by atoms with van der Waals surface area (Å²) in [5.41, 5.74) is 9.36. The molecule has 0 amide bonds. The topological polar surface area (TPSA) is 30.7 Å². The second-order valence-electron chi connectivity index (χ2n) is 10.4. The van der Waals surface area contributed by atoms with E-state index in [1.807, 2.05) is 29.8 Å². The van der Waals surface area contributed by atoms with Crippen LogP contribution < -0.4 is 0 Å². The number of pyridine rings is 1. The van der Waals surface area contributed by atoms with E-state index in [-0.39, 0.29) is 5.41 Å². The minimum atomic E-state index is -0.160. The summed E-state index contributed by atoms with van der Waals surface area (Å²) in [4.78, 5) is 9.46. The van der Waals surface area contributed by atoms with Gasteiger partial charge in [-0.15, -0.1) is 11.3 Å². The molecule has 0 aliphatic carbocycles. The molecule has 8 rings (SSSR count). The molecule has 4 heteroatoms. The van der Waals surface area contributed by atoms with Gasteiger partial charge in [-0.3, -0.25) is 9.55 Å². The molecule has 0 saturated heterocycles. The van der Waals surface area contributed by atoms with Crippen LogP contribution in [-0.2, 0) is 5.41 Å². The molecule has 0 radical (unpaired) electrons. The van der Waals surface area contributed by atoms with Crippen molar-refractivity contribution in [2.24, 2.45) is 0 Å². The van der Waals surface area contributed by atoms with Crippen LogP contribution in [0.25, 0.3) is 59.4 Å². The first-order valence-electron chi connectivity index (χ1n) is 12.6. The smallest absolute Gasteiger partial charge is 0.147 e. The van der Waals surface area contributed by atoms with E-state index in [1.165, 1.54) is 53.6 Å². The lowest BCUT2D eigenvalue weighted by Crippen LogP contribution is -2.26. The summed E-state index contributed by atoms with van der Waals surface area (Å²) in [7, 11) is 0. The second-order valence-corrected chi connectivity index (χ2v) is 11.4. The molecule has 1 aliphatic heterocycles. The number of para-hydroxylation sites is 1. The van der Waals surface area contributed by atoms with Crippen molar-refractivity contribution >= 4 is 42.5 Å². The van der Waals surface area contributed by atoms with Gasteiger partial charge in [0.25, 0.3) is 0 Å². The average molecular weight is 494 g/mol. The van der Waals surface area contributed by atoms with Crippen molar-refractivity contribution in [3.8, 4) is 28.2 Å². The van der Waals surface area contributed by atoms with Gasteiger partial charge in [-0.2, -0.15) is 0 Å². The van der Waals surface area contributed by atoms with E-state index < -0.39 is 0 Å². The summed E-state index contributed by atoms with van der Waals surface area (Å²) >= 11 is 1.86. The van der Waals surface area contributed by atoms with Gasteiger partial charge in [0.1, 0.15) is 5.82 Å². The van der Waals surface area contributed by atoms with Gasteiger partial charge in [-0.1, -0.05) is 56.3 Å². The molecule has 0 atom stereocenters. The molecule has 4 heterocycles. The Hall–Kier alpha value is -4.28. The van der Waals surface area contributed by atoms with Crippen LogP contribution in [0.3, 0.4) is 0 Å². The molecule has 176 valence electrons. The first-order chi connectivity index (χ1) is 18.1. The Morgan fingerprint density at radius 1 is 0.703 bits per heavy atom. The fraction of sp³-hybridized carbons (Fsp3) is 0.0909. The molecule has 4 aromatic carbocycles. The van der Waals surface area contributed by atoms with Crippen molar-refractivity contribution in [1.82, 2.24) is 14.5 Å². The lowest BCUT2D eigenvalue weighted by atomic mass is 9.74. The summed E-state index contributed by atoms with van der Waals surface area (Å²) < 4.78 is 5.01. The number of benzene rings is 4. The van der Waals surface area contributed by atoms with E-state index in [1.54, 1.807) is 0 Å². The molecule has 7 aromatic rings. The first kappa shape index (κ1) is 20.9. The highest BCUT2D eigenvalue weighted by atomic mass is 32.1. The molecule has 37 heavy (non-hydrogen) atoms. The molecule has 0 spiro atoms. The van der Waals surface area contributed by atoms with Crippen molar-refractivity contribution in [3.63, 3.8) is 0 Å². The van der Waals surface area contributed by atoms with Gasteiger partial charge in [0.05, 0.1) is 16.7 Å². The Labute approximate surface area is 218 Å². The van der Waals surface area contributed by atoms with Crippen LogP contribution in [0.4, 0.5) is 0 Å². The van der Waals surface area contributed by atoms with Gasteiger partial charge in [0.15, 0.2) is 0 Å². The molecule has 0 N–H and O–H groups in total. The highest BCUT2D eigenvalue weighted by Gasteiger charge is 2.36. The first-order valence-corrected chi connectivity index (χ1v) is 13.4. The number of thiophene rings is 1. The van der Waals surface area contributed by atoms with Crippen molar-refractivity contribution in [2.45, 2.75) is 19.3 Å². The van der Waals surface area contributed by atoms with Crippen LogP contribution in [0.15, 0.2) is 103 Å². The highest BCUT2D eigenvalue weighted by Crippen LogP contribution is 2.47. The van der Waals surface area contributed by atoms with Gasteiger partial charge in [0.2, 0.25) is 0 Å². The predicted octanol–water partition coefficient (Wildman–Crippen LogP) is 8.76. The monoisotopic (exact) mass is 493 g/mol. The van der Waals surface area contributed by atoms with E-state index >= 15 is 0 Å². The van der Waals surface area contributed by atoms with E-state index in [9.17, 15) is 0 Å². The molecule has 3 aromatic heterocycles. The normalized spacial score (nSPS) is 13.9. The Kier molecular flexibility index (Phi) is 4.16. The van der Waals surface area contributed by atoms with Crippen molar-refractivity contribution in [3.05, 3.63) is 115 Å². The van der Waals surface area contributed by atoms with E-state index in [0.717, 1.165) is 16.9 Å². The van der Waals surface area contributed by atoms with Crippen molar-refractivity contribution in [1.29, 1.82) is 0 Å². The van der Waals surface area contributed by atoms with Crippen molar-refractivity contribution in [2.75, 3.05) is 0 Å². The summed E-state index contributed by atoms with van der Waals surface area (Å²) in [5.74, 6) is 0.936. The number of rotatable bonds is 2. The number of fused-ring (bicyclic) bond motifs is 5. The Balaban J connectivity index is 1.38. The van der Waals surface area contributed by atoms with Gasteiger partial charge in [0, 0.05) is 43.5 Å². The maximum Gasteiger partial charge on any atom is 0.147 e. The number of hydrogen-bond acceptors (Lipinski definition) is 3. The van der Waals surface area contributed by atoms with Crippen LogP contribution in [0.2, 0.25) is 0 Å². The summed E-state index contributed by atoms with van der Waals surface area (Å²) in [6.07, 6.45) is 3.71. The third kappa shape index (κ3) is 2.87. The fourth-order valence-corrected chi connectivity index (χ4v) is 7.10. The maximum absolute atomic E-state index is 5.08.